The largest absolute Gasteiger partial charge is 0.486 e. The average Bonchev–Trinajstić information content (AvgIpc) is 3.09. The van der Waals surface area contributed by atoms with Crippen LogP contribution in [0.25, 0.3) is 5.95 Å². The molecule has 0 amide bonds. The van der Waals surface area contributed by atoms with Crippen LogP contribution in [-0.2, 0) is 19.4 Å². The van der Waals surface area contributed by atoms with E-state index in [1.165, 1.54) is 17.1 Å². The molecule has 7 nitrogen and oxygen atoms in total. The van der Waals surface area contributed by atoms with Gasteiger partial charge in [-0.15, -0.1) is 0 Å². The molecule has 0 bridgehead atoms. The van der Waals surface area contributed by atoms with E-state index in [-0.39, 0.29) is 29.0 Å². The number of halogens is 4. The molecular formula is C15H11ClF3N5O2. The molecule has 0 aromatic carbocycles. The van der Waals surface area contributed by atoms with Gasteiger partial charge in [0.05, 0.1) is 30.3 Å². The van der Waals surface area contributed by atoms with Crippen LogP contribution in [-0.4, -0.2) is 29.8 Å². The molecule has 0 saturated heterocycles. The van der Waals surface area contributed by atoms with Crippen LogP contribution in [0.2, 0.25) is 5.15 Å². The van der Waals surface area contributed by atoms with Crippen LogP contribution >= 0.6 is 11.6 Å². The fourth-order valence-electron chi connectivity index (χ4n) is 2.08. The van der Waals surface area contributed by atoms with Crippen LogP contribution in [0.1, 0.15) is 16.8 Å². The smallest absolute Gasteiger partial charge is 0.416 e. The number of alkyl halides is 3. The van der Waals surface area contributed by atoms with Crippen molar-refractivity contribution in [1.82, 2.24) is 24.7 Å². The topological polar surface area (TPSA) is 86.0 Å². The molecule has 3 aromatic heterocycles. The first-order chi connectivity index (χ1) is 12.4. The van der Waals surface area contributed by atoms with Crippen LogP contribution in [0.3, 0.4) is 0 Å². The lowest BCUT2D eigenvalue weighted by Crippen LogP contribution is -2.12. The number of rotatable bonds is 5. The second kappa shape index (κ2) is 7.26. The van der Waals surface area contributed by atoms with Crippen molar-refractivity contribution in [3.63, 3.8) is 0 Å². The second-order valence-electron chi connectivity index (χ2n) is 5.04. The number of hydrogen-bond donors (Lipinski definition) is 1. The van der Waals surface area contributed by atoms with E-state index < -0.39 is 18.3 Å². The summed E-state index contributed by atoms with van der Waals surface area (Å²) in [5.74, 6) is 0.365. The number of hydrogen-bond acceptors (Lipinski definition) is 6. The third kappa shape index (κ3) is 3.92. The van der Waals surface area contributed by atoms with E-state index in [0.717, 1.165) is 12.3 Å². The van der Waals surface area contributed by atoms with Crippen LogP contribution < -0.4 is 4.74 Å². The summed E-state index contributed by atoms with van der Waals surface area (Å²) in [7, 11) is 0. The van der Waals surface area contributed by atoms with Crippen molar-refractivity contribution in [1.29, 1.82) is 0 Å². The van der Waals surface area contributed by atoms with Gasteiger partial charge >= 0.3 is 6.18 Å². The molecule has 3 rings (SSSR count). The number of aliphatic hydroxyl groups excluding tert-OH is 1. The third-order valence-corrected chi connectivity index (χ3v) is 3.64. The Balaban J connectivity index is 1.75. The predicted molar refractivity (Wildman–Crippen MR) is 83.7 cm³/mol. The van der Waals surface area contributed by atoms with Crippen molar-refractivity contribution in [2.24, 2.45) is 0 Å². The quantitative estimate of drug-likeness (QED) is 0.680. The Morgan fingerprint density at radius 1 is 1.15 bits per heavy atom. The van der Waals surface area contributed by atoms with Gasteiger partial charge in [0.25, 0.3) is 5.95 Å². The van der Waals surface area contributed by atoms with E-state index >= 15 is 0 Å². The minimum absolute atomic E-state index is 0.149. The molecule has 136 valence electrons. The van der Waals surface area contributed by atoms with Gasteiger partial charge in [0.15, 0.2) is 5.75 Å². The molecule has 0 fully saturated rings. The maximum Gasteiger partial charge on any atom is 0.416 e. The summed E-state index contributed by atoms with van der Waals surface area (Å²) in [5, 5.41) is 12.7. The minimum atomic E-state index is -4.57. The van der Waals surface area contributed by atoms with E-state index in [1.54, 1.807) is 12.3 Å². The SMILES string of the molecule is OCc1ccn(-c2ncc(OCc3c(C(F)(F)F)ccnc3Cl)cn2)n1. The summed E-state index contributed by atoms with van der Waals surface area (Å²) in [6, 6.07) is 2.43. The van der Waals surface area contributed by atoms with Crippen molar-refractivity contribution in [3.8, 4) is 11.7 Å². The van der Waals surface area contributed by atoms with Crippen LogP contribution in [0.15, 0.2) is 36.9 Å². The van der Waals surface area contributed by atoms with Gasteiger partial charge in [-0.1, -0.05) is 11.6 Å². The van der Waals surface area contributed by atoms with Crippen LogP contribution in [0, 0.1) is 0 Å². The number of aliphatic hydroxyl groups is 1. The molecule has 0 atom stereocenters. The van der Waals surface area contributed by atoms with Gasteiger partial charge in [0.2, 0.25) is 0 Å². The van der Waals surface area contributed by atoms with Crippen molar-refractivity contribution in [2.75, 3.05) is 0 Å². The Morgan fingerprint density at radius 3 is 2.50 bits per heavy atom. The molecule has 3 aromatic rings. The summed E-state index contributed by atoms with van der Waals surface area (Å²) in [6.45, 7) is -0.664. The summed E-state index contributed by atoms with van der Waals surface area (Å²) in [6.07, 6.45) is 0.556. The molecule has 11 heteroatoms. The zero-order valence-electron chi connectivity index (χ0n) is 13.0. The van der Waals surface area contributed by atoms with Crippen molar-refractivity contribution in [3.05, 3.63) is 58.9 Å². The first-order valence-corrected chi connectivity index (χ1v) is 7.57. The highest BCUT2D eigenvalue weighted by atomic mass is 35.5. The lowest BCUT2D eigenvalue weighted by Gasteiger charge is -2.14. The predicted octanol–water partition coefficient (Wildman–Crippen LogP) is 2.80. The lowest BCUT2D eigenvalue weighted by atomic mass is 10.1. The molecule has 0 aliphatic rings. The molecule has 0 aliphatic heterocycles. The number of ether oxygens (including phenoxy) is 1. The van der Waals surface area contributed by atoms with Gasteiger partial charge in [0.1, 0.15) is 11.8 Å². The highest BCUT2D eigenvalue weighted by molar-refractivity contribution is 6.30. The maximum absolute atomic E-state index is 13.0. The lowest BCUT2D eigenvalue weighted by molar-refractivity contribution is -0.138. The summed E-state index contributed by atoms with van der Waals surface area (Å²) >= 11 is 5.77. The van der Waals surface area contributed by atoms with E-state index in [4.69, 9.17) is 21.4 Å². The van der Waals surface area contributed by atoms with E-state index in [0.29, 0.717) is 5.69 Å². The Morgan fingerprint density at radius 2 is 1.88 bits per heavy atom. The van der Waals surface area contributed by atoms with Crippen molar-refractivity contribution >= 4 is 11.6 Å². The number of aromatic nitrogens is 5. The molecule has 26 heavy (non-hydrogen) atoms. The third-order valence-electron chi connectivity index (χ3n) is 3.32. The van der Waals surface area contributed by atoms with Gasteiger partial charge in [-0.2, -0.15) is 18.3 Å². The molecular weight excluding hydrogens is 375 g/mol. The number of nitrogens with zero attached hydrogens (tertiary/aromatic N) is 5. The van der Waals surface area contributed by atoms with Crippen molar-refractivity contribution in [2.45, 2.75) is 19.4 Å². The van der Waals surface area contributed by atoms with Crippen LogP contribution in [0.4, 0.5) is 13.2 Å². The highest BCUT2D eigenvalue weighted by Gasteiger charge is 2.34. The van der Waals surface area contributed by atoms with Gasteiger partial charge in [-0.25, -0.2) is 19.6 Å². The summed E-state index contributed by atoms with van der Waals surface area (Å²) in [5.41, 5.74) is -0.742. The first-order valence-electron chi connectivity index (χ1n) is 7.19. The average molecular weight is 386 g/mol. The van der Waals surface area contributed by atoms with Gasteiger partial charge in [0, 0.05) is 18.0 Å². The molecule has 0 unspecified atom stereocenters. The Kier molecular flexibility index (Phi) is 5.05. The summed E-state index contributed by atoms with van der Waals surface area (Å²) < 4.78 is 45.7. The fraction of sp³-hybridized carbons (Fsp3) is 0.200. The zero-order valence-corrected chi connectivity index (χ0v) is 13.7. The van der Waals surface area contributed by atoms with E-state index in [1.807, 2.05) is 0 Å². The van der Waals surface area contributed by atoms with Crippen molar-refractivity contribution < 1.29 is 23.0 Å². The maximum atomic E-state index is 13.0. The van der Waals surface area contributed by atoms with Crippen LogP contribution in [0.5, 0.6) is 5.75 Å². The van der Waals surface area contributed by atoms with Gasteiger partial charge in [-0.05, 0) is 12.1 Å². The monoisotopic (exact) mass is 385 g/mol. The highest BCUT2D eigenvalue weighted by Crippen LogP contribution is 2.34. The summed E-state index contributed by atoms with van der Waals surface area (Å²) in [4.78, 5) is 11.7. The Hall–Kier alpha value is -2.72. The standard InChI is InChI=1S/C15H11ClF3N5O2/c16-13-11(12(1-3-20-13)15(17,18)19)8-26-10-5-21-14(22-6-10)24-4-2-9(7-25)23-24/h1-6,25H,7-8H2. The Bertz CT molecular complexity index is 899. The van der Waals surface area contributed by atoms with E-state index in [9.17, 15) is 13.2 Å². The normalized spacial score (nSPS) is 11.6. The number of pyridine rings is 1. The van der Waals surface area contributed by atoms with E-state index in [2.05, 4.69) is 20.1 Å². The molecule has 0 spiro atoms. The van der Waals surface area contributed by atoms with Gasteiger partial charge < -0.3 is 9.84 Å². The first kappa shape index (κ1) is 18.1. The second-order valence-corrected chi connectivity index (χ2v) is 5.40. The molecule has 3 heterocycles. The molecule has 0 aliphatic carbocycles. The molecule has 0 radical (unpaired) electrons. The minimum Gasteiger partial charge on any atom is -0.486 e. The fourth-order valence-corrected chi connectivity index (χ4v) is 2.30. The molecule has 1 N–H and O–H groups in total. The zero-order chi connectivity index (χ0) is 18.7. The van der Waals surface area contributed by atoms with Gasteiger partial charge in [-0.3, -0.25) is 0 Å². The Labute approximate surface area is 150 Å². The molecule has 0 saturated carbocycles.